The summed E-state index contributed by atoms with van der Waals surface area (Å²) < 4.78 is 39.3. The number of fused-ring (bicyclic) bond motifs is 1. The number of carbonyl (C=O) groups excluding carboxylic acids is 3. The van der Waals surface area contributed by atoms with Crippen molar-refractivity contribution in [3.63, 3.8) is 0 Å². The summed E-state index contributed by atoms with van der Waals surface area (Å²) >= 11 is 0. The van der Waals surface area contributed by atoms with Crippen molar-refractivity contribution in [1.82, 2.24) is 15.1 Å². The van der Waals surface area contributed by atoms with Crippen LogP contribution in [0.1, 0.15) is 34.3 Å². The van der Waals surface area contributed by atoms with Crippen LogP contribution in [0.2, 0.25) is 0 Å². The first kappa shape index (κ1) is 29.2. The van der Waals surface area contributed by atoms with Crippen LogP contribution in [-0.2, 0) is 22.3 Å². The highest BCUT2D eigenvalue weighted by atomic mass is 19.4. The summed E-state index contributed by atoms with van der Waals surface area (Å²) in [5.74, 6) is -0.753. The van der Waals surface area contributed by atoms with E-state index in [-0.39, 0.29) is 31.6 Å². The van der Waals surface area contributed by atoms with Crippen LogP contribution >= 0.6 is 0 Å². The zero-order valence-corrected chi connectivity index (χ0v) is 23.9. The number of anilines is 1. The van der Waals surface area contributed by atoms with Crippen LogP contribution in [-0.4, -0.2) is 59.4 Å². The Morgan fingerprint density at radius 1 is 0.841 bits per heavy atom. The second-order valence-corrected chi connectivity index (χ2v) is 11.2. The van der Waals surface area contributed by atoms with Gasteiger partial charge in [-0.2, -0.15) is 13.2 Å². The van der Waals surface area contributed by atoms with Crippen molar-refractivity contribution < 1.29 is 27.6 Å². The molecule has 1 spiro atoms. The molecule has 2 fully saturated rings. The fraction of sp³-hybridized carbons (Fsp3) is 0.265. The third-order valence-corrected chi connectivity index (χ3v) is 8.56. The lowest BCUT2D eigenvalue weighted by Crippen LogP contribution is -2.57. The second kappa shape index (κ2) is 11.7. The van der Waals surface area contributed by atoms with Crippen LogP contribution in [0.3, 0.4) is 0 Å². The molecule has 3 amide bonds. The summed E-state index contributed by atoms with van der Waals surface area (Å²) in [6.45, 7) is 0.585. The van der Waals surface area contributed by atoms with E-state index >= 15 is 0 Å². The number of rotatable bonds is 6. The lowest BCUT2D eigenvalue weighted by Gasteiger charge is -2.43. The molecule has 0 unspecified atom stereocenters. The second-order valence-electron chi connectivity index (χ2n) is 11.2. The number of nitrogens with one attached hydrogen (secondary N) is 1. The van der Waals surface area contributed by atoms with Crippen LogP contribution in [0.15, 0.2) is 97.1 Å². The van der Waals surface area contributed by atoms with Crippen molar-refractivity contribution in [1.29, 1.82) is 0 Å². The number of likely N-dealkylation sites (tertiary alicyclic amines) is 1. The molecular formula is C34H31F3N4O3. The number of para-hydroxylation sites is 1. The van der Waals surface area contributed by atoms with E-state index in [1.165, 1.54) is 17.0 Å². The maximum atomic E-state index is 14.0. The van der Waals surface area contributed by atoms with Gasteiger partial charge < -0.3 is 20.0 Å². The Morgan fingerprint density at radius 2 is 1.52 bits per heavy atom. The minimum atomic E-state index is -4.48. The Bertz CT molecular complexity index is 1700. The summed E-state index contributed by atoms with van der Waals surface area (Å²) in [6.07, 6.45) is -3.70. The maximum Gasteiger partial charge on any atom is 0.416 e. The van der Waals surface area contributed by atoms with Crippen molar-refractivity contribution in [3.8, 4) is 0 Å². The zero-order chi connectivity index (χ0) is 30.9. The monoisotopic (exact) mass is 600 g/mol. The van der Waals surface area contributed by atoms with Crippen LogP contribution in [0, 0.1) is 0 Å². The van der Waals surface area contributed by atoms with E-state index in [0.29, 0.717) is 37.1 Å². The molecule has 2 aliphatic heterocycles. The zero-order valence-electron chi connectivity index (χ0n) is 23.9. The number of halogens is 3. The maximum absolute atomic E-state index is 14.0. The number of alkyl halides is 3. The first-order valence-electron chi connectivity index (χ1n) is 14.5. The van der Waals surface area contributed by atoms with E-state index in [1.807, 2.05) is 77.7 Å². The Balaban J connectivity index is 1.17. The largest absolute Gasteiger partial charge is 0.416 e. The van der Waals surface area contributed by atoms with Gasteiger partial charge in [0.1, 0.15) is 12.1 Å². The molecule has 4 aromatic carbocycles. The number of benzene rings is 4. The molecule has 226 valence electrons. The molecule has 44 heavy (non-hydrogen) atoms. The molecule has 0 radical (unpaired) electrons. The minimum Gasteiger partial charge on any atom is -0.350 e. The summed E-state index contributed by atoms with van der Waals surface area (Å²) in [7, 11) is 0. The third-order valence-electron chi connectivity index (χ3n) is 8.56. The van der Waals surface area contributed by atoms with Gasteiger partial charge in [-0.3, -0.25) is 14.4 Å². The van der Waals surface area contributed by atoms with Crippen LogP contribution in [0.4, 0.5) is 18.9 Å². The smallest absolute Gasteiger partial charge is 0.350 e. The molecule has 0 atom stereocenters. The molecule has 7 nitrogen and oxygen atoms in total. The average molecular weight is 601 g/mol. The summed E-state index contributed by atoms with van der Waals surface area (Å²) in [5, 5.41) is 4.52. The predicted octanol–water partition coefficient (Wildman–Crippen LogP) is 5.46. The van der Waals surface area contributed by atoms with Gasteiger partial charge in [-0.1, -0.05) is 66.7 Å². The van der Waals surface area contributed by atoms with E-state index in [0.717, 1.165) is 28.6 Å². The van der Waals surface area contributed by atoms with E-state index in [1.54, 1.807) is 4.90 Å². The normalized spacial score (nSPS) is 16.5. The van der Waals surface area contributed by atoms with Crippen LogP contribution in [0.25, 0.3) is 10.8 Å². The van der Waals surface area contributed by atoms with Gasteiger partial charge in [-0.25, -0.2) is 0 Å². The molecule has 1 N–H and O–H groups in total. The van der Waals surface area contributed by atoms with Gasteiger partial charge in [-0.05, 0) is 59.5 Å². The van der Waals surface area contributed by atoms with E-state index in [9.17, 15) is 27.6 Å². The van der Waals surface area contributed by atoms with Gasteiger partial charge >= 0.3 is 6.18 Å². The van der Waals surface area contributed by atoms with Crippen molar-refractivity contribution in [3.05, 3.63) is 114 Å². The molecule has 2 aliphatic rings. The van der Waals surface area contributed by atoms with Crippen LogP contribution in [0.5, 0.6) is 0 Å². The van der Waals surface area contributed by atoms with Gasteiger partial charge in [0, 0.05) is 30.9 Å². The van der Waals surface area contributed by atoms with Gasteiger partial charge in [0.2, 0.25) is 5.91 Å². The highest BCUT2D eigenvalue weighted by Crippen LogP contribution is 2.40. The number of nitrogens with zero attached hydrogens (tertiary/aromatic N) is 3. The fourth-order valence-electron chi connectivity index (χ4n) is 6.27. The van der Waals surface area contributed by atoms with Gasteiger partial charge in [-0.15, -0.1) is 0 Å². The van der Waals surface area contributed by atoms with Gasteiger partial charge in [0.05, 0.1) is 12.2 Å². The molecular weight excluding hydrogens is 569 g/mol. The average Bonchev–Trinajstić information content (AvgIpc) is 3.29. The Labute approximate surface area is 252 Å². The summed E-state index contributed by atoms with van der Waals surface area (Å²) in [5.41, 5.74) is 0.0478. The Morgan fingerprint density at radius 3 is 2.27 bits per heavy atom. The quantitative estimate of drug-likeness (QED) is 0.319. The van der Waals surface area contributed by atoms with Crippen LogP contribution < -0.4 is 10.2 Å². The number of piperidine rings is 1. The molecule has 0 aromatic heterocycles. The van der Waals surface area contributed by atoms with Crippen molar-refractivity contribution in [2.75, 3.05) is 31.2 Å². The number of hydrogen-bond donors (Lipinski definition) is 1. The van der Waals surface area contributed by atoms with E-state index in [2.05, 4.69) is 5.32 Å². The fourth-order valence-corrected chi connectivity index (χ4v) is 6.27. The standard InChI is InChI=1S/C34H31F3N4O3/c35-34(36,37)26-11-6-8-24(20-26)21-38-30(42)22-40-23-41(27-12-2-1-3-13-27)33(32(40)44)16-18-39(19-17-33)31(43)29-15-7-10-25-9-4-5-14-28(25)29/h1-15,20H,16-19,21-23H2,(H,38,42). The Kier molecular flexibility index (Phi) is 7.75. The van der Waals surface area contributed by atoms with Crippen molar-refractivity contribution in [2.24, 2.45) is 0 Å². The molecule has 0 saturated carbocycles. The molecule has 4 aromatic rings. The molecule has 2 saturated heterocycles. The van der Waals surface area contributed by atoms with Gasteiger partial charge in [0.25, 0.3) is 11.8 Å². The third kappa shape index (κ3) is 5.59. The summed E-state index contributed by atoms with van der Waals surface area (Å²) in [6, 6.07) is 27.7. The van der Waals surface area contributed by atoms with Gasteiger partial charge in [0.15, 0.2) is 0 Å². The number of carbonyl (C=O) groups is 3. The molecule has 10 heteroatoms. The number of amides is 3. The highest BCUT2D eigenvalue weighted by Gasteiger charge is 2.54. The highest BCUT2D eigenvalue weighted by molar-refractivity contribution is 6.07. The van der Waals surface area contributed by atoms with Crippen molar-refractivity contribution in [2.45, 2.75) is 31.1 Å². The minimum absolute atomic E-state index is 0.0841. The summed E-state index contributed by atoms with van der Waals surface area (Å²) in [4.78, 5) is 45.9. The first-order chi connectivity index (χ1) is 21.2. The molecule has 0 aliphatic carbocycles. The van der Waals surface area contributed by atoms with Crippen molar-refractivity contribution >= 4 is 34.2 Å². The van der Waals surface area contributed by atoms with E-state index < -0.39 is 23.2 Å². The predicted molar refractivity (Wildman–Crippen MR) is 161 cm³/mol. The molecule has 6 rings (SSSR count). The van der Waals surface area contributed by atoms with E-state index in [4.69, 9.17) is 0 Å². The Hall–Kier alpha value is -4.86. The topological polar surface area (TPSA) is 73.0 Å². The molecule has 0 bridgehead atoms. The number of hydrogen-bond acceptors (Lipinski definition) is 4. The lowest BCUT2D eigenvalue weighted by molar-refractivity contribution is -0.138. The first-order valence-corrected chi connectivity index (χ1v) is 14.5. The SMILES string of the molecule is O=C(CN1CN(c2ccccc2)C2(CCN(C(=O)c3cccc4ccccc34)CC2)C1=O)NCc1cccc(C(F)(F)F)c1. The lowest BCUT2D eigenvalue weighted by atomic mass is 9.85. The molecule has 2 heterocycles.